The highest BCUT2D eigenvalue weighted by Gasteiger charge is 2.25. The highest BCUT2D eigenvalue weighted by Crippen LogP contribution is 2.29. The smallest absolute Gasteiger partial charge is 0.324 e. The quantitative estimate of drug-likeness (QED) is 0.596. The third kappa shape index (κ3) is 5.68. The van der Waals surface area contributed by atoms with E-state index in [9.17, 15) is 22.8 Å². The van der Waals surface area contributed by atoms with E-state index in [0.717, 1.165) is 6.42 Å². The van der Waals surface area contributed by atoms with Crippen LogP contribution in [-0.2, 0) is 29.1 Å². The zero-order valence-corrected chi connectivity index (χ0v) is 17.7. The summed E-state index contributed by atoms with van der Waals surface area (Å²) in [5.41, 5.74) is 1.00. The molecule has 9 nitrogen and oxygen atoms in total. The van der Waals surface area contributed by atoms with Crippen molar-refractivity contribution in [3.05, 3.63) is 54.6 Å². The van der Waals surface area contributed by atoms with Crippen molar-refractivity contribution in [3.63, 3.8) is 0 Å². The zero-order chi connectivity index (χ0) is 22.4. The van der Waals surface area contributed by atoms with Crippen LogP contribution in [0.15, 0.2) is 59.5 Å². The number of hydrogen-bond donors (Lipinski definition) is 2. The number of para-hydroxylation sites is 2. The molecule has 0 unspecified atom stereocenters. The van der Waals surface area contributed by atoms with E-state index in [2.05, 4.69) is 10.0 Å². The summed E-state index contributed by atoms with van der Waals surface area (Å²) in [4.78, 5) is 38.0. The van der Waals surface area contributed by atoms with Gasteiger partial charge in [0.1, 0.15) is 6.04 Å². The molecule has 2 N–H and O–H groups in total. The zero-order valence-electron chi connectivity index (χ0n) is 16.9. The van der Waals surface area contributed by atoms with Gasteiger partial charge in [0.25, 0.3) is 5.91 Å². The predicted octanol–water partition coefficient (Wildman–Crippen LogP) is 1.66. The van der Waals surface area contributed by atoms with Gasteiger partial charge in [0, 0.05) is 13.0 Å². The van der Waals surface area contributed by atoms with Crippen LogP contribution < -0.4 is 14.9 Å². The van der Waals surface area contributed by atoms with Crippen LogP contribution in [0.4, 0.5) is 11.4 Å². The second kappa shape index (κ2) is 9.71. The van der Waals surface area contributed by atoms with Crippen molar-refractivity contribution >= 4 is 39.2 Å². The van der Waals surface area contributed by atoms with Crippen LogP contribution in [0.1, 0.15) is 19.8 Å². The molecule has 31 heavy (non-hydrogen) atoms. The topological polar surface area (TPSA) is 122 Å². The van der Waals surface area contributed by atoms with Gasteiger partial charge >= 0.3 is 5.97 Å². The number of carbonyl (C=O) groups is 3. The highest BCUT2D eigenvalue weighted by molar-refractivity contribution is 7.89. The Bertz CT molecular complexity index is 1070. The summed E-state index contributed by atoms with van der Waals surface area (Å²) in [6.45, 7) is 1.30. The van der Waals surface area contributed by atoms with E-state index in [0.29, 0.717) is 24.3 Å². The van der Waals surface area contributed by atoms with E-state index in [1.807, 2.05) is 0 Å². The molecule has 0 saturated carbocycles. The normalized spacial score (nSPS) is 14.9. The summed E-state index contributed by atoms with van der Waals surface area (Å²) >= 11 is 0. The molecule has 1 aliphatic rings. The molecule has 0 aliphatic carbocycles. The van der Waals surface area contributed by atoms with Gasteiger partial charge in [-0.05, 0) is 37.6 Å². The lowest BCUT2D eigenvalue weighted by Gasteiger charge is -2.20. The lowest BCUT2D eigenvalue weighted by molar-refractivity contribution is -0.148. The molecule has 0 spiro atoms. The number of rotatable bonds is 8. The van der Waals surface area contributed by atoms with Crippen LogP contribution in [0.5, 0.6) is 0 Å². The van der Waals surface area contributed by atoms with Crippen LogP contribution >= 0.6 is 0 Å². The molecule has 0 aromatic heterocycles. The molecule has 0 radical (unpaired) electrons. The fourth-order valence-corrected chi connectivity index (χ4v) is 4.33. The van der Waals surface area contributed by atoms with Gasteiger partial charge in [0.2, 0.25) is 15.9 Å². The van der Waals surface area contributed by atoms with Crippen LogP contribution in [0.25, 0.3) is 0 Å². The molecule has 1 heterocycles. The van der Waals surface area contributed by atoms with Crippen molar-refractivity contribution in [1.82, 2.24) is 4.72 Å². The second-order valence-corrected chi connectivity index (χ2v) is 8.69. The molecule has 3 rings (SSSR count). The third-order valence-electron chi connectivity index (χ3n) is 4.63. The van der Waals surface area contributed by atoms with Gasteiger partial charge in [0.05, 0.1) is 16.3 Å². The van der Waals surface area contributed by atoms with E-state index < -0.39 is 34.5 Å². The van der Waals surface area contributed by atoms with Crippen molar-refractivity contribution in [2.45, 2.75) is 30.7 Å². The predicted molar refractivity (Wildman–Crippen MR) is 114 cm³/mol. The Hall–Kier alpha value is -3.24. The summed E-state index contributed by atoms with van der Waals surface area (Å²) < 4.78 is 31.7. The van der Waals surface area contributed by atoms with Gasteiger partial charge in [-0.15, -0.1) is 0 Å². The second-order valence-electron chi connectivity index (χ2n) is 6.98. The van der Waals surface area contributed by atoms with E-state index in [1.54, 1.807) is 47.4 Å². The number of ether oxygens (including phenoxy) is 1. The Balaban J connectivity index is 1.55. The minimum absolute atomic E-state index is 0.0143. The molecule has 10 heteroatoms. The van der Waals surface area contributed by atoms with Gasteiger partial charge in [-0.1, -0.05) is 30.3 Å². The summed E-state index contributed by atoms with van der Waals surface area (Å²) in [7, 11) is -3.90. The van der Waals surface area contributed by atoms with Crippen LogP contribution in [0.2, 0.25) is 0 Å². The van der Waals surface area contributed by atoms with Crippen molar-refractivity contribution < 1.29 is 27.5 Å². The SMILES string of the molecule is C[C@H](NS(=O)(=O)c1ccccc1)C(=O)OCC(=O)Nc1ccccc1N1CCCC1=O. The Morgan fingerprint density at radius 1 is 1.10 bits per heavy atom. The maximum Gasteiger partial charge on any atom is 0.324 e. The van der Waals surface area contributed by atoms with Gasteiger partial charge in [-0.3, -0.25) is 14.4 Å². The van der Waals surface area contributed by atoms with Crippen molar-refractivity contribution in [3.8, 4) is 0 Å². The lowest BCUT2D eigenvalue weighted by Crippen LogP contribution is -2.40. The number of hydrogen-bond acceptors (Lipinski definition) is 6. The molecule has 1 saturated heterocycles. The fraction of sp³-hybridized carbons (Fsp3) is 0.286. The molecule has 1 fully saturated rings. The summed E-state index contributed by atoms with van der Waals surface area (Å²) in [6.07, 6.45) is 1.20. The number of benzene rings is 2. The van der Waals surface area contributed by atoms with Crippen LogP contribution in [0.3, 0.4) is 0 Å². The minimum Gasteiger partial charge on any atom is -0.454 e. The van der Waals surface area contributed by atoms with E-state index in [1.165, 1.54) is 19.1 Å². The Morgan fingerprint density at radius 3 is 2.45 bits per heavy atom. The summed E-state index contributed by atoms with van der Waals surface area (Å²) in [6, 6.07) is 13.3. The minimum atomic E-state index is -3.90. The lowest BCUT2D eigenvalue weighted by atomic mass is 10.2. The van der Waals surface area contributed by atoms with Crippen LogP contribution in [-0.4, -0.2) is 45.4 Å². The Kier molecular flexibility index (Phi) is 7.03. The maximum absolute atomic E-state index is 12.3. The highest BCUT2D eigenvalue weighted by atomic mass is 32.2. The molecule has 1 aliphatic heterocycles. The first-order valence-electron chi connectivity index (χ1n) is 9.71. The first-order valence-corrected chi connectivity index (χ1v) is 11.2. The number of esters is 1. The molecule has 164 valence electrons. The molecule has 2 amide bonds. The van der Waals surface area contributed by atoms with E-state index >= 15 is 0 Å². The summed E-state index contributed by atoms with van der Waals surface area (Å²) in [5.74, 6) is -1.52. The number of carbonyl (C=O) groups excluding carboxylic acids is 3. The fourth-order valence-electron chi connectivity index (χ4n) is 3.11. The molecular formula is C21H23N3O6S. The standard InChI is InChI=1S/C21H23N3O6S/c1-15(23-31(28,29)16-8-3-2-4-9-16)21(27)30-14-19(25)22-17-10-5-6-11-18(17)24-13-7-12-20(24)26/h2-6,8-11,15,23H,7,12-14H2,1H3,(H,22,25)/t15-/m0/s1. The average Bonchev–Trinajstić information content (AvgIpc) is 3.18. The van der Waals surface area contributed by atoms with Crippen molar-refractivity contribution in [1.29, 1.82) is 0 Å². The van der Waals surface area contributed by atoms with Crippen molar-refractivity contribution in [2.75, 3.05) is 23.4 Å². The van der Waals surface area contributed by atoms with Gasteiger partial charge in [0.15, 0.2) is 6.61 Å². The number of sulfonamides is 1. The maximum atomic E-state index is 12.3. The largest absolute Gasteiger partial charge is 0.454 e. The molecule has 2 aromatic rings. The van der Waals surface area contributed by atoms with Crippen LogP contribution in [0, 0.1) is 0 Å². The molecule has 0 bridgehead atoms. The van der Waals surface area contributed by atoms with Gasteiger partial charge in [-0.2, -0.15) is 4.72 Å². The third-order valence-corrected chi connectivity index (χ3v) is 6.18. The van der Waals surface area contributed by atoms with E-state index in [4.69, 9.17) is 4.74 Å². The van der Waals surface area contributed by atoms with E-state index in [-0.39, 0.29) is 10.8 Å². The first kappa shape index (κ1) is 22.4. The van der Waals surface area contributed by atoms with Gasteiger partial charge in [-0.25, -0.2) is 8.42 Å². The van der Waals surface area contributed by atoms with Gasteiger partial charge < -0.3 is 15.0 Å². The average molecular weight is 445 g/mol. The number of amides is 2. The number of anilines is 2. The monoisotopic (exact) mass is 445 g/mol. The number of nitrogens with zero attached hydrogens (tertiary/aromatic N) is 1. The first-order chi connectivity index (χ1) is 14.8. The molecule has 1 atom stereocenters. The Labute approximate surface area is 180 Å². The number of nitrogens with one attached hydrogen (secondary N) is 2. The Morgan fingerprint density at radius 2 is 1.77 bits per heavy atom. The summed E-state index contributed by atoms with van der Waals surface area (Å²) in [5, 5.41) is 2.63. The molecular weight excluding hydrogens is 422 g/mol. The van der Waals surface area contributed by atoms with Crippen molar-refractivity contribution in [2.24, 2.45) is 0 Å². The molecule has 2 aromatic carbocycles.